The summed E-state index contributed by atoms with van der Waals surface area (Å²) in [7, 11) is 0. The van der Waals surface area contributed by atoms with Crippen LogP contribution >= 0.6 is 0 Å². The summed E-state index contributed by atoms with van der Waals surface area (Å²) in [4.78, 5) is 87.8. The third-order valence-electron chi connectivity index (χ3n) is 12.0. The number of nitrogens with two attached hydrogens (primary N) is 2. The first-order chi connectivity index (χ1) is 30.0. The summed E-state index contributed by atoms with van der Waals surface area (Å²) < 4.78 is 5.82. The zero-order valence-electron chi connectivity index (χ0n) is 34.4. The Kier molecular flexibility index (Phi) is 13.7. The summed E-state index contributed by atoms with van der Waals surface area (Å²) in [5, 5.41) is 22.2. The van der Waals surface area contributed by atoms with E-state index in [4.69, 9.17) is 21.6 Å². The van der Waals surface area contributed by atoms with Crippen molar-refractivity contribution >= 4 is 52.5 Å². The summed E-state index contributed by atoms with van der Waals surface area (Å²) >= 11 is 0. The van der Waals surface area contributed by atoms with Gasteiger partial charge < -0.3 is 52.7 Å². The number of fused-ring (bicyclic) bond motifs is 5. The highest BCUT2D eigenvalue weighted by molar-refractivity contribution is 5.97. The molecule has 4 aromatic rings. The average molecular weight is 847 g/mol. The van der Waals surface area contributed by atoms with Crippen molar-refractivity contribution in [2.75, 3.05) is 19.7 Å². The number of alkyl carbamates (subject to hydrolysis) is 1. The SMILES string of the molecule is N=C(N)NCCC[C@@H]1NC(=O)[C@H](Cc2c[nH]c3ccccc23)NC(=O)C2CCCN2C(=O)[C@@H](NC(=O)OCC2c3ccccc3-c3ccccc32)CCCC[C@@H](C(N)=O)NC1=O. The monoisotopic (exact) mass is 846 g/mol. The molecule has 0 radical (unpaired) electrons. The summed E-state index contributed by atoms with van der Waals surface area (Å²) in [6.07, 6.45) is 3.19. The number of para-hydroxylation sites is 1. The summed E-state index contributed by atoms with van der Waals surface area (Å²) in [6, 6.07) is 18.0. The molecule has 3 aliphatic rings. The van der Waals surface area contributed by atoms with E-state index in [0.29, 0.717) is 32.1 Å². The molecule has 3 aromatic carbocycles. The Balaban J connectivity index is 1.13. The minimum Gasteiger partial charge on any atom is -0.449 e. The number of aromatic nitrogens is 1. The van der Waals surface area contributed by atoms with Gasteiger partial charge in [0.1, 0.15) is 36.8 Å². The van der Waals surface area contributed by atoms with Gasteiger partial charge in [0.2, 0.25) is 29.5 Å². The maximum Gasteiger partial charge on any atom is 0.407 e. The maximum absolute atomic E-state index is 14.5. The lowest BCUT2D eigenvalue weighted by Gasteiger charge is -2.30. The maximum atomic E-state index is 14.5. The van der Waals surface area contributed by atoms with Gasteiger partial charge in [0, 0.05) is 42.5 Å². The molecule has 0 saturated carbocycles. The summed E-state index contributed by atoms with van der Waals surface area (Å²) in [5.74, 6) is -3.58. The molecule has 0 bridgehead atoms. The van der Waals surface area contributed by atoms with Crippen LogP contribution in [0.2, 0.25) is 0 Å². The summed E-state index contributed by atoms with van der Waals surface area (Å²) in [6.45, 7) is 0.516. The Morgan fingerprint density at radius 3 is 2.18 bits per heavy atom. The van der Waals surface area contributed by atoms with Gasteiger partial charge >= 0.3 is 6.09 Å². The van der Waals surface area contributed by atoms with Crippen LogP contribution in [0.25, 0.3) is 22.0 Å². The van der Waals surface area contributed by atoms with Crippen LogP contribution in [0.15, 0.2) is 79.0 Å². The number of rotatable bonds is 10. The molecule has 7 rings (SSSR count). The van der Waals surface area contributed by atoms with Crippen molar-refractivity contribution in [3.8, 4) is 11.1 Å². The van der Waals surface area contributed by atoms with E-state index < -0.39 is 65.8 Å². The van der Waals surface area contributed by atoms with Gasteiger partial charge in [-0.25, -0.2) is 4.79 Å². The highest BCUT2D eigenvalue weighted by Crippen LogP contribution is 2.44. The van der Waals surface area contributed by atoms with Crippen molar-refractivity contribution in [2.45, 2.75) is 93.9 Å². The number of guanidine groups is 1. The summed E-state index contributed by atoms with van der Waals surface area (Å²) in [5.41, 5.74) is 17.0. The first kappa shape index (κ1) is 43.2. The van der Waals surface area contributed by atoms with E-state index in [0.717, 1.165) is 38.7 Å². The topological polar surface area (TPSA) is 267 Å². The van der Waals surface area contributed by atoms with Crippen LogP contribution in [0, 0.1) is 5.41 Å². The van der Waals surface area contributed by atoms with E-state index in [1.165, 1.54) is 4.90 Å². The normalized spacial score (nSPS) is 22.3. The molecular formula is C45H54N10O7. The van der Waals surface area contributed by atoms with Gasteiger partial charge in [0.05, 0.1) is 0 Å². The molecule has 1 aromatic heterocycles. The third-order valence-corrected chi connectivity index (χ3v) is 12.0. The predicted molar refractivity (Wildman–Crippen MR) is 231 cm³/mol. The second kappa shape index (κ2) is 19.6. The molecule has 1 unspecified atom stereocenters. The minimum absolute atomic E-state index is 0.0314. The van der Waals surface area contributed by atoms with Crippen LogP contribution in [-0.4, -0.2) is 101 Å². The second-order valence-electron chi connectivity index (χ2n) is 16.1. The van der Waals surface area contributed by atoms with Crippen molar-refractivity contribution in [3.63, 3.8) is 0 Å². The van der Waals surface area contributed by atoms with Crippen molar-refractivity contribution in [2.24, 2.45) is 11.5 Å². The largest absolute Gasteiger partial charge is 0.449 e. The molecule has 2 aliphatic heterocycles. The second-order valence-corrected chi connectivity index (χ2v) is 16.1. The molecule has 6 amide bonds. The molecule has 17 nitrogen and oxygen atoms in total. The van der Waals surface area contributed by atoms with Crippen LogP contribution in [0.1, 0.15) is 74.0 Å². The van der Waals surface area contributed by atoms with E-state index in [1.54, 1.807) is 6.20 Å². The zero-order valence-corrected chi connectivity index (χ0v) is 34.4. The fraction of sp³-hybridized carbons (Fsp3) is 0.400. The number of H-pyrrole nitrogens is 1. The van der Waals surface area contributed by atoms with Crippen LogP contribution in [-0.2, 0) is 35.1 Å². The van der Waals surface area contributed by atoms with Gasteiger partial charge in [-0.05, 0) is 72.4 Å². The highest BCUT2D eigenvalue weighted by Gasteiger charge is 2.40. The van der Waals surface area contributed by atoms with E-state index in [2.05, 4.69) is 31.6 Å². The lowest BCUT2D eigenvalue weighted by molar-refractivity contribution is -0.141. The van der Waals surface area contributed by atoms with Gasteiger partial charge in [0.25, 0.3) is 0 Å². The Bertz CT molecular complexity index is 2280. The van der Waals surface area contributed by atoms with Crippen molar-refractivity contribution < 1.29 is 33.5 Å². The number of carbonyl (C=O) groups is 6. The lowest BCUT2D eigenvalue weighted by atomic mass is 9.98. The number of hydrogen-bond acceptors (Lipinski definition) is 8. The van der Waals surface area contributed by atoms with E-state index in [1.807, 2.05) is 72.8 Å². The lowest BCUT2D eigenvalue weighted by Crippen LogP contribution is -2.59. The van der Waals surface area contributed by atoms with Gasteiger partial charge in [-0.1, -0.05) is 79.6 Å². The molecule has 1 aliphatic carbocycles. The van der Waals surface area contributed by atoms with Crippen LogP contribution in [0.4, 0.5) is 4.79 Å². The molecule has 62 heavy (non-hydrogen) atoms. The molecule has 5 atom stereocenters. The van der Waals surface area contributed by atoms with Gasteiger partial charge in [-0.15, -0.1) is 0 Å². The van der Waals surface area contributed by atoms with Crippen LogP contribution < -0.4 is 38.1 Å². The smallest absolute Gasteiger partial charge is 0.407 e. The fourth-order valence-electron chi connectivity index (χ4n) is 8.87. The molecule has 2 saturated heterocycles. The molecule has 11 N–H and O–H groups in total. The van der Waals surface area contributed by atoms with Gasteiger partial charge in [-0.2, -0.15) is 0 Å². The number of nitrogens with zero attached hydrogens (tertiary/aromatic N) is 1. The third kappa shape index (κ3) is 9.99. The van der Waals surface area contributed by atoms with Crippen molar-refractivity contribution in [1.29, 1.82) is 5.41 Å². The first-order valence-corrected chi connectivity index (χ1v) is 21.2. The highest BCUT2D eigenvalue weighted by atomic mass is 16.5. The number of hydrogen-bond donors (Lipinski definition) is 9. The van der Waals surface area contributed by atoms with Crippen molar-refractivity contribution in [3.05, 3.63) is 95.7 Å². The van der Waals surface area contributed by atoms with Gasteiger partial charge in [-0.3, -0.25) is 29.4 Å². The molecule has 2 fully saturated rings. The number of carbonyl (C=O) groups excluding carboxylic acids is 6. The number of ether oxygens (including phenoxy) is 1. The van der Waals surface area contributed by atoms with E-state index in [9.17, 15) is 28.8 Å². The molecule has 326 valence electrons. The number of benzene rings is 3. The Hall–Kier alpha value is -6.91. The van der Waals surface area contributed by atoms with Gasteiger partial charge in [0.15, 0.2) is 5.96 Å². The van der Waals surface area contributed by atoms with Crippen molar-refractivity contribution in [1.82, 2.24) is 36.5 Å². The number of amides is 6. The van der Waals surface area contributed by atoms with E-state index >= 15 is 0 Å². The Labute approximate surface area is 358 Å². The molecule has 17 heteroatoms. The molecular weight excluding hydrogens is 793 g/mol. The fourth-order valence-corrected chi connectivity index (χ4v) is 8.87. The zero-order chi connectivity index (χ0) is 43.8. The molecule has 0 spiro atoms. The predicted octanol–water partition coefficient (Wildman–Crippen LogP) is 2.39. The number of nitrogens with one attached hydrogen (secondary N) is 7. The standard InChI is InChI=1S/C45H54N10O7/c46-39(56)34-17-7-8-18-36(54-45(61)62-25-32-30-14-3-1-12-28(30)29-13-2-4-15-31(29)32)43(60)55-22-10-20-38(55)42(59)53-37(23-26-24-50-33-16-6-5-11-27(26)33)41(58)52-35(40(57)51-34)19-9-21-49-44(47)48/h1-6,11-16,24,32,34-38,50H,7-10,17-23,25H2,(H2,46,56)(H,51,57)(H,52,58)(H,53,59)(H,54,61)(H4,47,48,49)/t34-,35-,36-,37-,38?/m0/s1. The Morgan fingerprint density at radius 1 is 0.790 bits per heavy atom. The minimum atomic E-state index is -1.19. The van der Waals surface area contributed by atoms with E-state index in [-0.39, 0.29) is 57.3 Å². The molecule has 3 heterocycles. The van der Waals surface area contributed by atoms with Crippen LogP contribution in [0.3, 0.4) is 0 Å². The number of primary amides is 1. The number of aromatic amines is 1. The quantitative estimate of drug-likeness (QED) is 0.0644. The average Bonchev–Trinajstić information content (AvgIpc) is 4.00. The first-order valence-electron chi connectivity index (χ1n) is 21.2. The Morgan fingerprint density at radius 2 is 1.45 bits per heavy atom. The van der Waals surface area contributed by atoms with Crippen LogP contribution in [0.5, 0.6) is 0 Å².